The average molecular weight is 494 g/mol. The minimum absolute atomic E-state index is 0.0410. The van der Waals surface area contributed by atoms with Gasteiger partial charge >= 0.3 is 5.97 Å². The van der Waals surface area contributed by atoms with Crippen LogP contribution >= 0.6 is 11.8 Å². The Morgan fingerprint density at radius 2 is 1.85 bits per heavy atom. The van der Waals surface area contributed by atoms with E-state index in [1.54, 1.807) is 6.20 Å². The number of nitrogens with two attached hydrogens (primary N) is 1. The number of amides is 3. The van der Waals surface area contributed by atoms with E-state index in [1.165, 1.54) is 18.7 Å². The van der Waals surface area contributed by atoms with E-state index in [9.17, 15) is 29.4 Å². The van der Waals surface area contributed by atoms with Crippen molar-refractivity contribution < 1.29 is 29.4 Å². The number of carbonyl (C=O) groups excluding carboxylic acids is 3. The summed E-state index contributed by atoms with van der Waals surface area (Å²) in [7, 11) is 0. The molecule has 1 heterocycles. The summed E-state index contributed by atoms with van der Waals surface area (Å²) in [6.45, 7) is 0.786. The zero-order valence-electron chi connectivity index (χ0n) is 19.0. The van der Waals surface area contributed by atoms with Crippen LogP contribution < -0.4 is 21.7 Å². The first-order valence-corrected chi connectivity index (χ1v) is 12.1. The van der Waals surface area contributed by atoms with Crippen LogP contribution in [0.1, 0.15) is 18.9 Å². The molecule has 0 aliphatic rings. The molecule has 2 rings (SSSR count). The number of aliphatic hydroxyl groups excluding tert-OH is 1. The Kier molecular flexibility index (Phi) is 10.4. The smallest absolute Gasteiger partial charge is 0.326 e. The minimum Gasteiger partial charge on any atom is -0.480 e. The minimum atomic E-state index is -1.32. The first-order valence-electron chi connectivity index (χ1n) is 10.7. The number of hydrogen-bond donors (Lipinski definition) is 7. The van der Waals surface area contributed by atoms with Crippen LogP contribution in [0.5, 0.6) is 0 Å². The van der Waals surface area contributed by atoms with Crippen LogP contribution in [-0.4, -0.2) is 81.7 Å². The lowest BCUT2D eigenvalue weighted by molar-refractivity contribution is -0.141. The lowest BCUT2D eigenvalue weighted by Crippen LogP contribution is -2.57. The summed E-state index contributed by atoms with van der Waals surface area (Å²) in [4.78, 5) is 51.7. The van der Waals surface area contributed by atoms with Gasteiger partial charge in [-0.2, -0.15) is 11.8 Å². The molecule has 0 saturated heterocycles. The van der Waals surface area contributed by atoms with Crippen molar-refractivity contribution in [2.45, 2.75) is 44.0 Å². The molecule has 1 aromatic carbocycles. The number of aliphatic hydroxyl groups is 1. The number of carbonyl (C=O) groups is 4. The molecule has 11 nitrogen and oxygen atoms in total. The molecule has 0 bridgehead atoms. The standard InChI is InChI=1S/C22H31N5O6S/c1-12(28)19(27-20(30)15(23)7-8-34-2)21(31)25-11-18(29)26-17(22(32)33)9-13-10-24-16-6-4-3-5-14(13)16/h3-6,10,12,15,17,19,24,28H,7-9,11,23H2,1-2H3,(H,25,31)(H,26,29)(H,27,30)(H,32,33). The zero-order chi connectivity index (χ0) is 25.3. The Bertz CT molecular complexity index is 1010. The second-order valence-electron chi connectivity index (χ2n) is 7.85. The number of nitrogens with one attached hydrogen (secondary N) is 4. The summed E-state index contributed by atoms with van der Waals surface area (Å²) in [5.74, 6) is -2.68. The third-order valence-corrected chi connectivity index (χ3v) is 5.83. The third-order valence-electron chi connectivity index (χ3n) is 5.19. The van der Waals surface area contributed by atoms with Crippen LogP contribution in [0.4, 0.5) is 0 Å². The average Bonchev–Trinajstić information content (AvgIpc) is 3.21. The van der Waals surface area contributed by atoms with Gasteiger partial charge < -0.3 is 36.9 Å². The fourth-order valence-electron chi connectivity index (χ4n) is 3.28. The van der Waals surface area contributed by atoms with Gasteiger partial charge in [0.25, 0.3) is 0 Å². The summed E-state index contributed by atoms with van der Waals surface area (Å²) in [5.41, 5.74) is 7.36. The number of carboxylic acid groups (broad SMARTS) is 1. The van der Waals surface area contributed by atoms with Crippen molar-refractivity contribution in [1.82, 2.24) is 20.9 Å². The Balaban J connectivity index is 1.93. The van der Waals surface area contributed by atoms with E-state index in [0.29, 0.717) is 12.2 Å². The second kappa shape index (κ2) is 13.0. The maximum atomic E-state index is 12.5. The molecule has 3 amide bonds. The van der Waals surface area contributed by atoms with E-state index in [0.717, 1.165) is 16.5 Å². The molecular formula is C22H31N5O6S. The second-order valence-corrected chi connectivity index (χ2v) is 8.84. The van der Waals surface area contributed by atoms with Crippen LogP contribution in [0.15, 0.2) is 30.5 Å². The number of carboxylic acids is 1. The van der Waals surface area contributed by atoms with Crippen molar-refractivity contribution in [1.29, 1.82) is 0 Å². The molecule has 34 heavy (non-hydrogen) atoms. The van der Waals surface area contributed by atoms with Gasteiger partial charge in [-0.15, -0.1) is 0 Å². The number of para-hydroxylation sites is 1. The lowest BCUT2D eigenvalue weighted by Gasteiger charge is -2.23. The van der Waals surface area contributed by atoms with Crippen LogP contribution in [0.2, 0.25) is 0 Å². The van der Waals surface area contributed by atoms with Gasteiger partial charge in [0, 0.05) is 23.5 Å². The number of aliphatic carboxylic acids is 1. The van der Waals surface area contributed by atoms with Crippen molar-refractivity contribution in [2.75, 3.05) is 18.6 Å². The maximum absolute atomic E-state index is 12.5. The summed E-state index contributed by atoms with van der Waals surface area (Å²) in [6, 6.07) is 4.01. The SMILES string of the molecule is CSCCC(N)C(=O)NC(C(=O)NCC(=O)NC(Cc1c[nH]c2ccccc12)C(=O)O)C(C)O. The highest BCUT2D eigenvalue weighted by Crippen LogP contribution is 2.19. The molecule has 1 aromatic heterocycles. The van der Waals surface area contributed by atoms with Gasteiger partial charge in [0.2, 0.25) is 17.7 Å². The van der Waals surface area contributed by atoms with Gasteiger partial charge in [-0.3, -0.25) is 14.4 Å². The summed E-state index contributed by atoms with van der Waals surface area (Å²) in [5, 5.41) is 27.4. The highest BCUT2D eigenvalue weighted by molar-refractivity contribution is 7.98. The Morgan fingerprint density at radius 1 is 1.15 bits per heavy atom. The normalized spacial score (nSPS) is 14.6. The predicted molar refractivity (Wildman–Crippen MR) is 129 cm³/mol. The largest absolute Gasteiger partial charge is 0.480 e. The molecule has 0 radical (unpaired) electrons. The first kappa shape index (κ1) is 27.2. The molecule has 0 saturated carbocycles. The number of benzene rings is 1. The van der Waals surface area contributed by atoms with Gasteiger partial charge in [0.1, 0.15) is 12.1 Å². The van der Waals surface area contributed by atoms with E-state index in [1.807, 2.05) is 30.5 Å². The number of rotatable bonds is 13. The van der Waals surface area contributed by atoms with Crippen LogP contribution in [0, 0.1) is 0 Å². The number of H-pyrrole nitrogens is 1. The van der Waals surface area contributed by atoms with Crippen LogP contribution in [0.25, 0.3) is 10.9 Å². The quantitative estimate of drug-likeness (QED) is 0.192. The van der Waals surface area contributed by atoms with Gasteiger partial charge in [0.05, 0.1) is 18.7 Å². The molecule has 186 valence electrons. The highest BCUT2D eigenvalue weighted by atomic mass is 32.2. The predicted octanol–water partition coefficient (Wildman–Crippen LogP) is -0.658. The van der Waals surface area contributed by atoms with E-state index >= 15 is 0 Å². The Hall–Kier alpha value is -3.09. The fourth-order valence-corrected chi connectivity index (χ4v) is 3.77. The number of aromatic nitrogens is 1. The fraction of sp³-hybridized carbons (Fsp3) is 0.455. The van der Waals surface area contributed by atoms with Gasteiger partial charge in [-0.25, -0.2) is 4.79 Å². The molecule has 12 heteroatoms. The van der Waals surface area contributed by atoms with Crippen molar-refractivity contribution in [3.05, 3.63) is 36.0 Å². The zero-order valence-corrected chi connectivity index (χ0v) is 19.9. The van der Waals surface area contributed by atoms with E-state index in [2.05, 4.69) is 20.9 Å². The van der Waals surface area contributed by atoms with Gasteiger partial charge in [-0.1, -0.05) is 18.2 Å². The number of hydrogen-bond acceptors (Lipinski definition) is 7. The number of thioether (sulfide) groups is 1. The first-order chi connectivity index (χ1) is 16.1. The topological polar surface area (TPSA) is 187 Å². The van der Waals surface area contributed by atoms with Crippen molar-refractivity contribution >= 4 is 46.4 Å². The van der Waals surface area contributed by atoms with Crippen molar-refractivity contribution in [3.63, 3.8) is 0 Å². The van der Waals surface area contributed by atoms with E-state index in [-0.39, 0.29) is 6.42 Å². The molecule has 2 aromatic rings. The molecule has 0 aliphatic carbocycles. The monoisotopic (exact) mass is 493 g/mol. The van der Waals surface area contributed by atoms with E-state index in [4.69, 9.17) is 5.73 Å². The molecule has 0 spiro atoms. The Morgan fingerprint density at radius 3 is 2.50 bits per heavy atom. The lowest BCUT2D eigenvalue weighted by atomic mass is 10.0. The molecule has 0 fully saturated rings. The van der Waals surface area contributed by atoms with Crippen molar-refractivity contribution in [2.24, 2.45) is 5.73 Å². The maximum Gasteiger partial charge on any atom is 0.326 e. The van der Waals surface area contributed by atoms with Crippen LogP contribution in [0.3, 0.4) is 0 Å². The van der Waals surface area contributed by atoms with Gasteiger partial charge in [0.15, 0.2) is 0 Å². The van der Waals surface area contributed by atoms with E-state index < -0.39 is 54.5 Å². The summed E-state index contributed by atoms with van der Waals surface area (Å²) < 4.78 is 0. The molecule has 0 aliphatic heterocycles. The summed E-state index contributed by atoms with van der Waals surface area (Å²) >= 11 is 1.52. The molecular weight excluding hydrogens is 462 g/mol. The number of aromatic amines is 1. The molecule has 4 unspecified atom stereocenters. The highest BCUT2D eigenvalue weighted by Gasteiger charge is 2.28. The number of fused-ring (bicyclic) bond motifs is 1. The van der Waals surface area contributed by atoms with Crippen molar-refractivity contribution in [3.8, 4) is 0 Å². The third kappa shape index (κ3) is 7.75. The molecule has 4 atom stereocenters. The summed E-state index contributed by atoms with van der Waals surface area (Å²) in [6.07, 6.45) is 2.76. The molecule has 8 N–H and O–H groups in total. The van der Waals surface area contributed by atoms with Gasteiger partial charge in [-0.05, 0) is 37.0 Å². The Labute approximate surface area is 201 Å². The van der Waals surface area contributed by atoms with Crippen LogP contribution in [-0.2, 0) is 25.6 Å².